The fourth-order valence-corrected chi connectivity index (χ4v) is 5.02. The third kappa shape index (κ3) is 3.85. The maximum absolute atomic E-state index is 13.0. The summed E-state index contributed by atoms with van der Waals surface area (Å²) in [5.41, 5.74) is 0.665. The van der Waals surface area contributed by atoms with E-state index < -0.39 is 10.0 Å². The number of para-hydroxylation sites is 1. The van der Waals surface area contributed by atoms with Crippen molar-refractivity contribution >= 4 is 21.5 Å². The van der Waals surface area contributed by atoms with Crippen LogP contribution in [0.25, 0.3) is 0 Å². The summed E-state index contributed by atoms with van der Waals surface area (Å²) in [5.74, 6) is 0.832. The van der Waals surface area contributed by atoms with Gasteiger partial charge in [-0.15, -0.1) is 0 Å². The van der Waals surface area contributed by atoms with E-state index in [-0.39, 0.29) is 4.90 Å². The minimum Gasteiger partial charge on any atom is -0.357 e. The van der Waals surface area contributed by atoms with Gasteiger partial charge in [-0.2, -0.15) is 0 Å². The van der Waals surface area contributed by atoms with E-state index in [1.54, 1.807) is 18.2 Å². The van der Waals surface area contributed by atoms with Gasteiger partial charge in [-0.1, -0.05) is 37.5 Å². The molecule has 6 heteroatoms. The van der Waals surface area contributed by atoms with Crippen LogP contribution < -0.4 is 9.21 Å². The summed E-state index contributed by atoms with van der Waals surface area (Å²) in [5, 5.41) is 0. The Morgan fingerprint density at radius 1 is 1.04 bits per heavy atom. The predicted octanol–water partition coefficient (Wildman–Crippen LogP) is 4.07. The van der Waals surface area contributed by atoms with E-state index in [0.29, 0.717) is 18.3 Å². The monoisotopic (exact) mass is 373 g/mol. The highest BCUT2D eigenvalue weighted by Crippen LogP contribution is 2.27. The molecule has 1 heterocycles. The van der Waals surface area contributed by atoms with Crippen LogP contribution in [0.3, 0.4) is 0 Å². The molecule has 0 N–H and O–H groups in total. The largest absolute Gasteiger partial charge is 0.357 e. The maximum Gasteiger partial charge on any atom is 0.265 e. The minimum atomic E-state index is -3.62. The zero-order valence-electron chi connectivity index (χ0n) is 15.5. The summed E-state index contributed by atoms with van der Waals surface area (Å²) >= 11 is 0. The predicted molar refractivity (Wildman–Crippen MR) is 106 cm³/mol. The van der Waals surface area contributed by atoms with Crippen LogP contribution in [0.1, 0.15) is 39.0 Å². The van der Waals surface area contributed by atoms with Crippen molar-refractivity contribution in [3.05, 3.63) is 48.7 Å². The molecule has 0 amide bonds. The molecule has 1 saturated carbocycles. The molecule has 1 aromatic carbocycles. The molecule has 1 aliphatic rings. The molecule has 140 valence electrons. The van der Waals surface area contributed by atoms with E-state index >= 15 is 0 Å². The average Bonchev–Trinajstić information content (AvgIpc) is 2.69. The molecule has 1 fully saturated rings. The molecule has 0 radical (unpaired) electrons. The number of benzene rings is 1. The van der Waals surface area contributed by atoms with Crippen LogP contribution >= 0.6 is 0 Å². The van der Waals surface area contributed by atoms with Crippen molar-refractivity contribution in [2.75, 3.05) is 22.8 Å². The summed E-state index contributed by atoms with van der Waals surface area (Å²) in [7, 11) is -1.57. The van der Waals surface area contributed by atoms with Gasteiger partial charge >= 0.3 is 0 Å². The number of pyridine rings is 1. The van der Waals surface area contributed by atoms with E-state index in [1.165, 1.54) is 42.6 Å². The molecule has 3 rings (SSSR count). The van der Waals surface area contributed by atoms with Crippen molar-refractivity contribution in [2.45, 2.75) is 50.0 Å². The van der Waals surface area contributed by atoms with Crippen molar-refractivity contribution in [1.29, 1.82) is 0 Å². The van der Waals surface area contributed by atoms with E-state index in [2.05, 4.69) is 16.9 Å². The summed E-state index contributed by atoms with van der Waals surface area (Å²) in [6, 6.07) is 13.2. The summed E-state index contributed by atoms with van der Waals surface area (Å²) in [6.45, 7) is 2.21. The van der Waals surface area contributed by atoms with Gasteiger partial charge in [-0.05, 0) is 44.0 Å². The second-order valence-corrected chi connectivity index (χ2v) is 8.62. The van der Waals surface area contributed by atoms with Crippen LogP contribution in [0, 0.1) is 0 Å². The lowest BCUT2D eigenvalue weighted by Gasteiger charge is -2.32. The van der Waals surface area contributed by atoms with Crippen molar-refractivity contribution in [3.8, 4) is 0 Å². The van der Waals surface area contributed by atoms with Gasteiger partial charge in [0.05, 0.1) is 5.69 Å². The first-order valence-corrected chi connectivity index (χ1v) is 10.7. The second kappa shape index (κ2) is 8.08. The fraction of sp³-hybridized carbons (Fsp3) is 0.450. The quantitative estimate of drug-likeness (QED) is 0.766. The van der Waals surface area contributed by atoms with Crippen LogP contribution in [-0.4, -0.2) is 33.0 Å². The number of nitrogens with zero attached hydrogens (tertiary/aromatic N) is 3. The number of anilines is 2. The summed E-state index contributed by atoms with van der Waals surface area (Å²) < 4.78 is 27.4. The first-order valence-electron chi connectivity index (χ1n) is 9.30. The number of hydrogen-bond donors (Lipinski definition) is 0. The van der Waals surface area contributed by atoms with Gasteiger partial charge < -0.3 is 4.90 Å². The first-order chi connectivity index (χ1) is 12.5. The molecule has 0 aliphatic heterocycles. The Morgan fingerprint density at radius 2 is 1.73 bits per heavy atom. The Hall–Kier alpha value is -2.08. The average molecular weight is 374 g/mol. The standard InChI is InChI=1S/C20H27N3O2S/c1-3-23(18-12-8-5-9-13-18)26(24,25)19-14-15-20(21-16-19)22(2)17-10-6-4-7-11-17/h5,8-9,12-17H,3-4,6-7,10-11H2,1-2H3. The highest BCUT2D eigenvalue weighted by atomic mass is 32.2. The molecule has 1 aliphatic carbocycles. The van der Waals surface area contributed by atoms with E-state index in [4.69, 9.17) is 0 Å². The molecule has 26 heavy (non-hydrogen) atoms. The lowest BCUT2D eigenvalue weighted by Crippen LogP contribution is -2.34. The smallest absolute Gasteiger partial charge is 0.265 e. The Bertz CT molecular complexity index is 801. The van der Waals surface area contributed by atoms with Crippen molar-refractivity contribution < 1.29 is 8.42 Å². The molecule has 0 atom stereocenters. The number of sulfonamides is 1. The Morgan fingerprint density at radius 3 is 2.31 bits per heavy atom. The third-order valence-corrected chi connectivity index (χ3v) is 7.01. The lowest BCUT2D eigenvalue weighted by molar-refractivity contribution is 0.426. The Balaban J connectivity index is 1.82. The first kappa shape index (κ1) is 18.7. The molecule has 5 nitrogen and oxygen atoms in total. The van der Waals surface area contributed by atoms with Gasteiger partial charge in [0.1, 0.15) is 10.7 Å². The van der Waals surface area contributed by atoms with Gasteiger partial charge in [-0.3, -0.25) is 4.31 Å². The summed E-state index contributed by atoms with van der Waals surface area (Å²) in [4.78, 5) is 6.86. The van der Waals surface area contributed by atoms with Gasteiger partial charge in [0.2, 0.25) is 0 Å². The molecule has 2 aromatic rings. The van der Waals surface area contributed by atoms with Crippen LogP contribution in [0.4, 0.5) is 11.5 Å². The fourth-order valence-electron chi connectivity index (χ4n) is 3.60. The van der Waals surface area contributed by atoms with E-state index in [1.807, 2.05) is 31.2 Å². The van der Waals surface area contributed by atoms with Crippen LogP contribution in [-0.2, 0) is 10.0 Å². The topological polar surface area (TPSA) is 53.5 Å². The van der Waals surface area contributed by atoms with Gasteiger partial charge in [0.15, 0.2) is 0 Å². The molecule has 1 aromatic heterocycles. The molecular formula is C20H27N3O2S. The normalized spacial score (nSPS) is 15.6. The van der Waals surface area contributed by atoms with Gasteiger partial charge in [0.25, 0.3) is 10.0 Å². The lowest BCUT2D eigenvalue weighted by atomic mass is 9.94. The van der Waals surface area contributed by atoms with Crippen LogP contribution in [0.2, 0.25) is 0 Å². The van der Waals surface area contributed by atoms with E-state index in [0.717, 1.165) is 5.82 Å². The zero-order chi connectivity index (χ0) is 18.6. The molecule has 0 saturated heterocycles. The molecular weight excluding hydrogens is 346 g/mol. The minimum absolute atomic E-state index is 0.226. The SMILES string of the molecule is CCN(c1ccccc1)S(=O)(=O)c1ccc(N(C)C2CCCCC2)nc1. The Labute approximate surface area is 156 Å². The van der Waals surface area contributed by atoms with Gasteiger partial charge in [-0.25, -0.2) is 13.4 Å². The Kier molecular flexibility index (Phi) is 5.81. The highest BCUT2D eigenvalue weighted by molar-refractivity contribution is 7.92. The summed E-state index contributed by atoms with van der Waals surface area (Å²) in [6.07, 6.45) is 7.65. The number of rotatable bonds is 6. The highest BCUT2D eigenvalue weighted by Gasteiger charge is 2.25. The number of aromatic nitrogens is 1. The molecule has 0 unspecified atom stereocenters. The van der Waals surface area contributed by atoms with Crippen LogP contribution in [0.5, 0.6) is 0 Å². The van der Waals surface area contributed by atoms with Crippen molar-refractivity contribution in [2.24, 2.45) is 0 Å². The zero-order valence-corrected chi connectivity index (χ0v) is 16.3. The molecule has 0 bridgehead atoms. The van der Waals surface area contributed by atoms with Crippen molar-refractivity contribution in [1.82, 2.24) is 4.98 Å². The third-order valence-electron chi connectivity index (χ3n) is 5.12. The van der Waals surface area contributed by atoms with Crippen LogP contribution in [0.15, 0.2) is 53.6 Å². The van der Waals surface area contributed by atoms with E-state index in [9.17, 15) is 8.42 Å². The van der Waals surface area contributed by atoms with Crippen molar-refractivity contribution in [3.63, 3.8) is 0 Å². The number of hydrogen-bond acceptors (Lipinski definition) is 4. The maximum atomic E-state index is 13.0. The van der Waals surface area contributed by atoms with Gasteiger partial charge in [0, 0.05) is 25.8 Å². The second-order valence-electron chi connectivity index (χ2n) is 6.76. The molecule has 0 spiro atoms.